The zero-order chi connectivity index (χ0) is 13.0. The average molecular weight is 243 g/mol. The third kappa shape index (κ3) is 3.70. The van der Waals surface area contributed by atoms with Crippen LogP contribution in [0.1, 0.15) is 26.7 Å². The molecule has 0 spiro atoms. The fourth-order valence-electron chi connectivity index (χ4n) is 1.93. The number of nitrogens with zero attached hydrogens (tertiary/aromatic N) is 1. The zero-order valence-corrected chi connectivity index (χ0v) is 10.7. The molecule has 0 saturated carbocycles. The molecule has 1 aliphatic heterocycles. The molecule has 0 aliphatic carbocycles. The highest BCUT2D eigenvalue weighted by molar-refractivity contribution is 5.78. The third-order valence-electron chi connectivity index (χ3n) is 3.19. The molecular formula is C12H21NO4. The predicted molar refractivity (Wildman–Crippen MR) is 62.6 cm³/mol. The quantitative estimate of drug-likeness (QED) is 0.781. The lowest BCUT2D eigenvalue weighted by Crippen LogP contribution is -2.44. The first-order valence-electron chi connectivity index (χ1n) is 5.99. The van der Waals surface area contributed by atoms with Crippen LogP contribution in [0.2, 0.25) is 0 Å². The van der Waals surface area contributed by atoms with Gasteiger partial charge in [0.15, 0.2) is 0 Å². The molecule has 17 heavy (non-hydrogen) atoms. The number of hydrogen-bond acceptors (Lipinski definition) is 3. The Hall–Kier alpha value is -1.10. The Labute approximate surface area is 102 Å². The van der Waals surface area contributed by atoms with Gasteiger partial charge in [-0.2, -0.15) is 0 Å². The van der Waals surface area contributed by atoms with E-state index in [1.165, 1.54) is 4.90 Å². The highest BCUT2D eigenvalue weighted by Crippen LogP contribution is 2.20. The Balaban J connectivity index is 2.53. The summed E-state index contributed by atoms with van der Waals surface area (Å²) in [7, 11) is 1.66. The number of ether oxygens (including phenoxy) is 1. The Kier molecular flexibility index (Phi) is 4.93. The average Bonchev–Trinajstić information content (AvgIpc) is 2.73. The highest BCUT2D eigenvalue weighted by atomic mass is 16.5. The molecule has 0 aromatic rings. The SMILES string of the molecule is CC(C)CCC(=O)N(C)C1COCC1C(=O)O. The number of carbonyl (C=O) groups excluding carboxylic acids is 1. The lowest BCUT2D eigenvalue weighted by Gasteiger charge is -2.26. The second-order valence-corrected chi connectivity index (χ2v) is 4.99. The number of aliphatic carboxylic acids is 1. The van der Waals surface area contributed by atoms with Crippen molar-refractivity contribution in [2.75, 3.05) is 20.3 Å². The lowest BCUT2D eigenvalue weighted by molar-refractivity contribution is -0.144. The topological polar surface area (TPSA) is 66.8 Å². The first-order chi connectivity index (χ1) is 7.93. The zero-order valence-electron chi connectivity index (χ0n) is 10.7. The monoisotopic (exact) mass is 243 g/mol. The van der Waals surface area contributed by atoms with Crippen molar-refractivity contribution in [1.29, 1.82) is 0 Å². The van der Waals surface area contributed by atoms with Crippen molar-refractivity contribution < 1.29 is 19.4 Å². The number of rotatable bonds is 5. The maximum Gasteiger partial charge on any atom is 0.311 e. The fourth-order valence-corrected chi connectivity index (χ4v) is 1.93. The molecule has 2 unspecified atom stereocenters. The minimum Gasteiger partial charge on any atom is -0.481 e. The summed E-state index contributed by atoms with van der Waals surface area (Å²) in [4.78, 5) is 24.4. The van der Waals surface area contributed by atoms with E-state index in [0.29, 0.717) is 18.9 Å². The van der Waals surface area contributed by atoms with E-state index in [2.05, 4.69) is 13.8 Å². The molecule has 0 radical (unpaired) electrons. The van der Waals surface area contributed by atoms with Gasteiger partial charge in [-0.05, 0) is 12.3 Å². The van der Waals surface area contributed by atoms with Gasteiger partial charge in [-0.25, -0.2) is 0 Å². The van der Waals surface area contributed by atoms with Crippen molar-refractivity contribution in [1.82, 2.24) is 4.90 Å². The third-order valence-corrected chi connectivity index (χ3v) is 3.19. The van der Waals surface area contributed by atoms with Gasteiger partial charge in [-0.3, -0.25) is 9.59 Å². The molecule has 0 aromatic carbocycles. The van der Waals surface area contributed by atoms with E-state index < -0.39 is 11.9 Å². The summed E-state index contributed by atoms with van der Waals surface area (Å²) < 4.78 is 5.15. The van der Waals surface area contributed by atoms with Gasteiger partial charge < -0.3 is 14.7 Å². The van der Waals surface area contributed by atoms with Gasteiger partial charge in [0.2, 0.25) is 5.91 Å². The van der Waals surface area contributed by atoms with Crippen LogP contribution in [-0.2, 0) is 14.3 Å². The van der Waals surface area contributed by atoms with Crippen LogP contribution in [0.3, 0.4) is 0 Å². The lowest BCUT2D eigenvalue weighted by atomic mass is 10.0. The first kappa shape index (κ1) is 14.0. The highest BCUT2D eigenvalue weighted by Gasteiger charge is 2.38. The smallest absolute Gasteiger partial charge is 0.311 e. The summed E-state index contributed by atoms with van der Waals surface area (Å²) >= 11 is 0. The number of likely N-dealkylation sites (N-methyl/N-ethyl adjacent to an activating group) is 1. The van der Waals surface area contributed by atoms with Crippen molar-refractivity contribution in [3.63, 3.8) is 0 Å². The van der Waals surface area contributed by atoms with Gasteiger partial charge in [0.1, 0.15) is 5.92 Å². The van der Waals surface area contributed by atoms with Crippen molar-refractivity contribution >= 4 is 11.9 Å². The van der Waals surface area contributed by atoms with Crippen LogP contribution in [0.4, 0.5) is 0 Å². The normalized spacial score (nSPS) is 24.0. The van der Waals surface area contributed by atoms with Gasteiger partial charge in [0.25, 0.3) is 0 Å². The van der Waals surface area contributed by atoms with Crippen LogP contribution in [-0.4, -0.2) is 48.2 Å². The molecule has 0 bridgehead atoms. The Morgan fingerprint density at radius 3 is 2.59 bits per heavy atom. The van der Waals surface area contributed by atoms with E-state index in [1.54, 1.807) is 7.05 Å². The van der Waals surface area contributed by atoms with Crippen LogP contribution >= 0.6 is 0 Å². The van der Waals surface area contributed by atoms with Crippen LogP contribution in [0.25, 0.3) is 0 Å². The Morgan fingerprint density at radius 1 is 1.41 bits per heavy atom. The second-order valence-electron chi connectivity index (χ2n) is 4.99. The van der Waals surface area contributed by atoms with Crippen LogP contribution in [0, 0.1) is 11.8 Å². The molecule has 98 valence electrons. The molecule has 1 heterocycles. The van der Waals surface area contributed by atoms with Crippen molar-refractivity contribution in [3.05, 3.63) is 0 Å². The molecule has 1 rings (SSSR count). The summed E-state index contributed by atoms with van der Waals surface area (Å²) in [6.07, 6.45) is 1.30. The first-order valence-corrected chi connectivity index (χ1v) is 5.99. The van der Waals surface area contributed by atoms with Gasteiger partial charge in [-0.1, -0.05) is 13.8 Å². The minimum absolute atomic E-state index is 0.000417. The molecule has 1 N–H and O–H groups in total. The van der Waals surface area contributed by atoms with E-state index in [9.17, 15) is 9.59 Å². The molecule has 1 saturated heterocycles. The van der Waals surface area contributed by atoms with Crippen molar-refractivity contribution in [2.24, 2.45) is 11.8 Å². The molecule has 0 aromatic heterocycles. The molecule has 1 fully saturated rings. The van der Waals surface area contributed by atoms with E-state index in [4.69, 9.17) is 9.84 Å². The molecule has 5 nitrogen and oxygen atoms in total. The molecule has 2 atom stereocenters. The van der Waals surface area contributed by atoms with E-state index in [1.807, 2.05) is 0 Å². The Bertz CT molecular complexity index is 290. The maximum atomic E-state index is 11.9. The van der Waals surface area contributed by atoms with Crippen LogP contribution < -0.4 is 0 Å². The minimum atomic E-state index is -0.893. The summed E-state index contributed by atoms with van der Waals surface area (Å²) in [5, 5.41) is 9.01. The summed E-state index contributed by atoms with van der Waals surface area (Å²) in [5.41, 5.74) is 0. The number of amides is 1. The number of carboxylic acids is 1. The standard InChI is InChI=1S/C12H21NO4/c1-8(2)4-5-11(14)13(3)10-7-17-6-9(10)12(15)16/h8-10H,4-7H2,1-3H3,(H,15,16). The van der Waals surface area contributed by atoms with Gasteiger partial charge in [-0.15, -0.1) is 0 Å². The molecule has 5 heteroatoms. The van der Waals surface area contributed by atoms with Crippen LogP contribution in [0.15, 0.2) is 0 Å². The van der Waals surface area contributed by atoms with Crippen molar-refractivity contribution in [3.8, 4) is 0 Å². The number of carbonyl (C=O) groups is 2. The molecule has 1 aliphatic rings. The number of carboxylic acid groups (broad SMARTS) is 1. The van der Waals surface area contributed by atoms with E-state index in [0.717, 1.165) is 6.42 Å². The summed E-state index contributed by atoms with van der Waals surface area (Å²) in [6.45, 7) is 4.64. The van der Waals surface area contributed by atoms with Crippen molar-refractivity contribution in [2.45, 2.75) is 32.7 Å². The second kappa shape index (κ2) is 6.00. The van der Waals surface area contributed by atoms with Gasteiger partial charge >= 0.3 is 5.97 Å². The Morgan fingerprint density at radius 2 is 2.06 bits per heavy atom. The van der Waals surface area contributed by atoms with Crippen LogP contribution in [0.5, 0.6) is 0 Å². The number of hydrogen-bond donors (Lipinski definition) is 1. The summed E-state index contributed by atoms with van der Waals surface area (Å²) in [6, 6.07) is -0.327. The summed E-state index contributed by atoms with van der Waals surface area (Å²) in [5.74, 6) is -1.01. The fraction of sp³-hybridized carbons (Fsp3) is 0.833. The molecular weight excluding hydrogens is 222 g/mol. The van der Waals surface area contributed by atoms with E-state index >= 15 is 0 Å². The largest absolute Gasteiger partial charge is 0.481 e. The maximum absolute atomic E-state index is 11.9. The van der Waals surface area contributed by atoms with E-state index in [-0.39, 0.29) is 18.6 Å². The predicted octanol–water partition coefficient (Wildman–Crippen LogP) is 0.981. The van der Waals surface area contributed by atoms with Gasteiger partial charge in [0.05, 0.1) is 19.3 Å². The van der Waals surface area contributed by atoms with Gasteiger partial charge in [0, 0.05) is 13.5 Å². The molecule has 1 amide bonds.